The molecule has 0 atom stereocenters. The first-order chi connectivity index (χ1) is 12.2. The van der Waals surface area contributed by atoms with E-state index in [0.29, 0.717) is 12.4 Å². The molecular formula is C22H38O3. The monoisotopic (exact) mass is 350 g/mol. The summed E-state index contributed by atoms with van der Waals surface area (Å²) < 4.78 is 5.55. The molecule has 3 heteroatoms. The van der Waals surface area contributed by atoms with Crippen molar-refractivity contribution in [2.24, 2.45) is 0 Å². The zero-order chi connectivity index (χ0) is 18.2. The summed E-state index contributed by atoms with van der Waals surface area (Å²) in [5.41, 5.74) is 0. The van der Waals surface area contributed by atoms with E-state index in [1.165, 1.54) is 102 Å². The zero-order valence-corrected chi connectivity index (χ0v) is 16.1. The van der Waals surface area contributed by atoms with Gasteiger partial charge >= 0.3 is 0 Å². The fraction of sp³-hybridized carbons (Fsp3) is 0.727. The van der Waals surface area contributed by atoms with Crippen molar-refractivity contribution in [2.45, 2.75) is 96.8 Å². The maximum absolute atomic E-state index is 9.38. The van der Waals surface area contributed by atoms with Gasteiger partial charge in [-0.3, -0.25) is 0 Å². The lowest BCUT2D eigenvalue weighted by Gasteiger charge is -2.07. The molecule has 0 amide bonds. The van der Waals surface area contributed by atoms with Gasteiger partial charge in [-0.15, -0.1) is 0 Å². The molecule has 3 nitrogen and oxygen atoms in total. The van der Waals surface area contributed by atoms with E-state index in [9.17, 15) is 10.2 Å². The molecule has 1 rings (SSSR count). The molecule has 0 saturated heterocycles. The number of unbranched alkanes of at least 4 members (excludes halogenated alkanes) is 13. The van der Waals surface area contributed by atoms with Crippen LogP contribution in [0.3, 0.4) is 0 Å². The maximum atomic E-state index is 9.38. The minimum Gasteiger partial charge on any atom is -0.508 e. The van der Waals surface area contributed by atoms with E-state index in [1.807, 2.05) is 0 Å². The second-order valence-electron chi connectivity index (χ2n) is 7.13. The van der Waals surface area contributed by atoms with Gasteiger partial charge in [-0.2, -0.15) is 0 Å². The molecular weight excluding hydrogens is 312 g/mol. The Morgan fingerprint density at radius 2 is 1.00 bits per heavy atom. The number of hydrogen-bond donors (Lipinski definition) is 2. The summed E-state index contributed by atoms with van der Waals surface area (Å²) in [5.74, 6) is 0.610. The number of aromatic hydroxyl groups is 2. The van der Waals surface area contributed by atoms with Crippen LogP contribution in [0.5, 0.6) is 17.2 Å². The Labute approximate surface area is 154 Å². The van der Waals surface area contributed by atoms with Gasteiger partial charge in [0.25, 0.3) is 0 Å². The van der Waals surface area contributed by atoms with Crippen molar-refractivity contribution in [1.29, 1.82) is 0 Å². The first-order valence-corrected chi connectivity index (χ1v) is 10.4. The highest BCUT2D eigenvalue weighted by atomic mass is 16.5. The molecule has 0 fully saturated rings. The fourth-order valence-electron chi connectivity index (χ4n) is 3.14. The van der Waals surface area contributed by atoms with E-state index in [4.69, 9.17) is 4.74 Å². The minimum atomic E-state index is 0.0379. The summed E-state index contributed by atoms with van der Waals surface area (Å²) >= 11 is 0. The summed E-state index contributed by atoms with van der Waals surface area (Å²) in [5, 5.41) is 18.8. The fourth-order valence-corrected chi connectivity index (χ4v) is 3.14. The summed E-state index contributed by atoms with van der Waals surface area (Å²) in [4.78, 5) is 0. The third kappa shape index (κ3) is 12.6. The lowest BCUT2D eigenvalue weighted by atomic mass is 10.0. The highest BCUT2D eigenvalue weighted by Crippen LogP contribution is 2.25. The molecule has 0 spiro atoms. The molecule has 0 aromatic heterocycles. The number of phenols is 2. The molecule has 144 valence electrons. The topological polar surface area (TPSA) is 49.7 Å². The Bertz CT molecular complexity index is 411. The maximum Gasteiger partial charge on any atom is 0.126 e. The van der Waals surface area contributed by atoms with Gasteiger partial charge in [-0.25, -0.2) is 0 Å². The van der Waals surface area contributed by atoms with Gasteiger partial charge in [-0.1, -0.05) is 90.4 Å². The van der Waals surface area contributed by atoms with Crippen molar-refractivity contribution in [2.75, 3.05) is 6.61 Å². The Kier molecular flexibility index (Phi) is 12.9. The quantitative estimate of drug-likeness (QED) is 0.317. The number of benzene rings is 1. The Morgan fingerprint density at radius 3 is 1.44 bits per heavy atom. The van der Waals surface area contributed by atoms with E-state index >= 15 is 0 Å². The van der Waals surface area contributed by atoms with Crippen LogP contribution in [0, 0.1) is 0 Å². The van der Waals surface area contributed by atoms with Crippen molar-refractivity contribution in [3.8, 4) is 17.2 Å². The van der Waals surface area contributed by atoms with Crippen molar-refractivity contribution >= 4 is 0 Å². The normalized spacial score (nSPS) is 10.9. The minimum absolute atomic E-state index is 0.0379. The highest BCUT2D eigenvalue weighted by Gasteiger charge is 2.00. The standard InChI is InChI=1S/C22H38O3/c1-2-3-4-5-6-7-8-9-10-11-12-13-14-15-16-25-22-18-20(23)17-21(24)19-22/h17-19,23-24H,2-16H2,1H3. The van der Waals surface area contributed by atoms with Crippen LogP contribution in [-0.2, 0) is 0 Å². The van der Waals surface area contributed by atoms with Crippen molar-refractivity contribution in [3.63, 3.8) is 0 Å². The average Bonchev–Trinajstić information content (AvgIpc) is 2.57. The molecule has 2 N–H and O–H groups in total. The Hall–Kier alpha value is -1.38. The molecule has 0 bridgehead atoms. The molecule has 0 aliphatic carbocycles. The Morgan fingerprint density at radius 1 is 0.600 bits per heavy atom. The molecule has 0 aliphatic heterocycles. The molecule has 0 radical (unpaired) electrons. The highest BCUT2D eigenvalue weighted by molar-refractivity contribution is 5.40. The van der Waals surface area contributed by atoms with Gasteiger partial charge in [-0.05, 0) is 6.42 Å². The van der Waals surface area contributed by atoms with Crippen molar-refractivity contribution < 1.29 is 14.9 Å². The van der Waals surface area contributed by atoms with Crippen LogP contribution in [0.1, 0.15) is 96.8 Å². The van der Waals surface area contributed by atoms with Crippen LogP contribution in [0.2, 0.25) is 0 Å². The first kappa shape index (κ1) is 21.7. The third-order valence-electron chi connectivity index (χ3n) is 4.64. The van der Waals surface area contributed by atoms with E-state index in [-0.39, 0.29) is 11.5 Å². The Balaban J connectivity index is 1.81. The molecule has 0 heterocycles. The predicted octanol–water partition coefficient (Wildman–Crippen LogP) is 6.96. The van der Waals surface area contributed by atoms with Crippen molar-refractivity contribution in [3.05, 3.63) is 18.2 Å². The van der Waals surface area contributed by atoms with E-state index in [1.54, 1.807) is 0 Å². The number of ether oxygens (including phenoxy) is 1. The van der Waals surface area contributed by atoms with Gasteiger partial charge in [0.15, 0.2) is 0 Å². The van der Waals surface area contributed by atoms with Gasteiger partial charge < -0.3 is 14.9 Å². The number of hydrogen-bond acceptors (Lipinski definition) is 3. The third-order valence-corrected chi connectivity index (χ3v) is 4.64. The lowest BCUT2D eigenvalue weighted by Crippen LogP contribution is -1.97. The number of rotatable bonds is 16. The zero-order valence-electron chi connectivity index (χ0n) is 16.1. The average molecular weight is 351 g/mol. The molecule has 1 aromatic carbocycles. The molecule has 0 unspecified atom stereocenters. The van der Waals surface area contributed by atoms with Crippen LogP contribution in [-0.4, -0.2) is 16.8 Å². The predicted molar refractivity (Wildman–Crippen MR) is 106 cm³/mol. The van der Waals surface area contributed by atoms with Crippen molar-refractivity contribution in [1.82, 2.24) is 0 Å². The summed E-state index contributed by atoms with van der Waals surface area (Å²) in [6.07, 6.45) is 18.8. The second kappa shape index (κ2) is 14.9. The number of phenolic OH excluding ortho intramolecular Hbond substituents is 2. The van der Waals surface area contributed by atoms with Gasteiger partial charge in [0.05, 0.1) is 6.61 Å². The van der Waals surface area contributed by atoms with Crippen LogP contribution in [0.25, 0.3) is 0 Å². The largest absolute Gasteiger partial charge is 0.508 e. The van der Waals surface area contributed by atoms with E-state index < -0.39 is 0 Å². The second-order valence-corrected chi connectivity index (χ2v) is 7.13. The molecule has 0 aliphatic rings. The SMILES string of the molecule is CCCCCCCCCCCCCCCCOc1cc(O)cc(O)c1. The van der Waals surface area contributed by atoms with E-state index in [0.717, 1.165) is 6.42 Å². The lowest BCUT2D eigenvalue weighted by molar-refractivity contribution is 0.300. The smallest absolute Gasteiger partial charge is 0.126 e. The molecule has 1 aromatic rings. The van der Waals surface area contributed by atoms with Gasteiger partial charge in [0, 0.05) is 18.2 Å². The summed E-state index contributed by atoms with van der Waals surface area (Å²) in [6.45, 7) is 2.91. The summed E-state index contributed by atoms with van der Waals surface area (Å²) in [7, 11) is 0. The molecule has 25 heavy (non-hydrogen) atoms. The first-order valence-electron chi connectivity index (χ1n) is 10.4. The van der Waals surface area contributed by atoms with Crippen LogP contribution >= 0.6 is 0 Å². The van der Waals surface area contributed by atoms with Crippen LogP contribution in [0.15, 0.2) is 18.2 Å². The molecule has 0 saturated carbocycles. The van der Waals surface area contributed by atoms with E-state index in [2.05, 4.69) is 6.92 Å². The van der Waals surface area contributed by atoms with Gasteiger partial charge in [0.1, 0.15) is 17.2 Å². The van der Waals surface area contributed by atoms with Gasteiger partial charge in [0.2, 0.25) is 0 Å². The van der Waals surface area contributed by atoms with Crippen LogP contribution in [0.4, 0.5) is 0 Å². The summed E-state index contributed by atoms with van der Waals surface area (Å²) in [6, 6.07) is 4.37. The van der Waals surface area contributed by atoms with Crippen LogP contribution < -0.4 is 4.74 Å².